The van der Waals surface area contributed by atoms with E-state index < -0.39 is 0 Å². The van der Waals surface area contributed by atoms with Crippen LogP contribution in [0.5, 0.6) is 0 Å². The summed E-state index contributed by atoms with van der Waals surface area (Å²) in [7, 11) is 0. The molecule has 0 aliphatic heterocycles. The number of rotatable bonds is 5. The standard InChI is InChI=1S/C14H19N3O/c1-4-7-15-13-9-11(12-6-5-8-18-12)16-14(17-13)10(2)3/h5-6,8-10H,4,7H2,1-3H3,(H,15,16,17). The quantitative estimate of drug-likeness (QED) is 0.873. The van der Waals surface area contributed by atoms with Gasteiger partial charge < -0.3 is 9.73 Å². The van der Waals surface area contributed by atoms with Crippen LogP contribution in [0.2, 0.25) is 0 Å². The molecule has 0 fully saturated rings. The number of nitrogens with zero attached hydrogens (tertiary/aromatic N) is 2. The van der Waals surface area contributed by atoms with Crippen molar-refractivity contribution < 1.29 is 4.42 Å². The Hall–Kier alpha value is -1.84. The molecule has 0 saturated carbocycles. The van der Waals surface area contributed by atoms with Gasteiger partial charge in [-0.05, 0) is 18.6 Å². The second-order valence-corrected chi connectivity index (χ2v) is 4.56. The van der Waals surface area contributed by atoms with Crippen molar-refractivity contribution in [3.8, 4) is 11.5 Å². The van der Waals surface area contributed by atoms with Gasteiger partial charge in [0.15, 0.2) is 5.76 Å². The first-order valence-electron chi connectivity index (χ1n) is 6.37. The highest BCUT2D eigenvalue weighted by atomic mass is 16.3. The van der Waals surface area contributed by atoms with Crippen molar-refractivity contribution in [2.45, 2.75) is 33.1 Å². The first-order chi connectivity index (χ1) is 8.70. The third kappa shape index (κ3) is 2.88. The van der Waals surface area contributed by atoms with Crippen LogP contribution in [0.15, 0.2) is 28.9 Å². The number of anilines is 1. The maximum absolute atomic E-state index is 5.40. The molecule has 0 aromatic carbocycles. The molecule has 0 aliphatic rings. The lowest BCUT2D eigenvalue weighted by molar-refractivity contribution is 0.578. The molecule has 0 aliphatic carbocycles. The van der Waals surface area contributed by atoms with Crippen LogP contribution in [0.25, 0.3) is 11.5 Å². The van der Waals surface area contributed by atoms with E-state index in [9.17, 15) is 0 Å². The Balaban J connectivity index is 2.36. The van der Waals surface area contributed by atoms with Gasteiger partial charge in [-0.3, -0.25) is 0 Å². The molecule has 0 radical (unpaired) electrons. The molecule has 1 N–H and O–H groups in total. The second kappa shape index (κ2) is 5.67. The molecule has 0 spiro atoms. The largest absolute Gasteiger partial charge is 0.463 e. The third-order valence-electron chi connectivity index (χ3n) is 2.59. The SMILES string of the molecule is CCCNc1cc(-c2ccco2)nc(C(C)C)n1. The highest BCUT2D eigenvalue weighted by molar-refractivity contribution is 5.57. The zero-order valence-corrected chi connectivity index (χ0v) is 11.1. The molecule has 0 bridgehead atoms. The van der Waals surface area contributed by atoms with Gasteiger partial charge in [-0.2, -0.15) is 0 Å². The molecule has 96 valence electrons. The molecule has 2 rings (SSSR count). The van der Waals surface area contributed by atoms with Gasteiger partial charge in [-0.1, -0.05) is 20.8 Å². The molecule has 18 heavy (non-hydrogen) atoms. The van der Waals surface area contributed by atoms with Gasteiger partial charge >= 0.3 is 0 Å². The van der Waals surface area contributed by atoms with Crippen LogP contribution in [0.1, 0.15) is 38.9 Å². The van der Waals surface area contributed by atoms with Crippen molar-refractivity contribution >= 4 is 5.82 Å². The maximum atomic E-state index is 5.40. The van der Waals surface area contributed by atoms with E-state index in [1.54, 1.807) is 6.26 Å². The lowest BCUT2D eigenvalue weighted by Crippen LogP contribution is -2.06. The van der Waals surface area contributed by atoms with Gasteiger partial charge in [0.1, 0.15) is 17.3 Å². The van der Waals surface area contributed by atoms with Crippen molar-refractivity contribution in [2.24, 2.45) is 0 Å². The van der Waals surface area contributed by atoms with Crippen LogP contribution in [-0.2, 0) is 0 Å². The van der Waals surface area contributed by atoms with Gasteiger partial charge in [-0.25, -0.2) is 9.97 Å². The van der Waals surface area contributed by atoms with E-state index in [1.165, 1.54) is 0 Å². The van der Waals surface area contributed by atoms with Crippen LogP contribution in [-0.4, -0.2) is 16.5 Å². The number of hydrogen-bond acceptors (Lipinski definition) is 4. The molecule has 4 nitrogen and oxygen atoms in total. The Kier molecular flexibility index (Phi) is 3.97. The Morgan fingerprint density at radius 2 is 2.17 bits per heavy atom. The van der Waals surface area contributed by atoms with Gasteiger partial charge in [0, 0.05) is 18.5 Å². The highest BCUT2D eigenvalue weighted by Crippen LogP contribution is 2.22. The minimum Gasteiger partial charge on any atom is -0.463 e. The van der Waals surface area contributed by atoms with Crippen molar-refractivity contribution in [1.29, 1.82) is 0 Å². The van der Waals surface area contributed by atoms with Gasteiger partial charge in [0.05, 0.1) is 6.26 Å². The minimum absolute atomic E-state index is 0.294. The van der Waals surface area contributed by atoms with E-state index in [0.29, 0.717) is 5.92 Å². The molecule has 0 saturated heterocycles. The van der Waals surface area contributed by atoms with E-state index in [4.69, 9.17) is 4.42 Å². The molecular weight excluding hydrogens is 226 g/mol. The summed E-state index contributed by atoms with van der Waals surface area (Å²) < 4.78 is 5.40. The molecule has 0 amide bonds. The normalized spacial score (nSPS) is 10.9. The summed E-state index contributed by atoms with van der Waals surface area (Å²) in [4.78, 5) is 9.06. The molecule has 2 aromatic heterocycles. The monoisotopic (exact) mass is 245 g/mol. The van der Waals surface area contributed by atoms with Crippen molar-refractivity contribution in [3.63, 3.8) is 0 Å². The predicted octanol–water partition coefficient (Wildman–Crippen LogP) is 3.68. The summed E-state index contributed by atoms with van der Waals surface area (Å²) in [5.41, 5.74) is 0.831. The zero-order chi connectivity index (χ0) is 13.0. The molecule has 4 heteroatoms. The summed E-state index contributed by atoms with van der Waals surface area (Å²) in [5.74, 6) is 2.77. The van der Waals surface area contributed by atoms with Gasteiger partial charge in [-0.15, -0.1) is 0 Å². The van der Waals surface area contributed by atoms with E-state index in [1.807, 2.05) is 18.2 Å². The Morgan fingerprint density at radius 1 is 1.33 bits per heavy atom. The number of furan rings is 1. The van der Waals surface area contributed by atoms with Crippen LogP contribution in [0, 0.1) is 0 Å². The molecule has 2 heterocycles. The van der Waals surface area contributed by atoms with Crippen LogP contribution in [0.3, 0.4) is 0 Å². The average Bonchev–Trinajstić information content (AvgIpc) is 2.89. The van der Waals surface area contributed by atoms with E-state index in [0.717, 1.165) is 36.1 Å². The van der Waals surface area contributed by atoms with E-state index >= 15 is 0 Å². The lowest BCUT2D eigenvalue weighted by Gasteiger charge is -2.10. The zero-order valence-electron chi connectivity index (χ0n) is 11.1. The first-order valence-corrected chi connectivity index (χ1v) is 6.37. The molecular formula is C14H19N3O. The topological polar surface area (TPSA) is 51.0 Å². The predicted molar refractivity (Wildman–Crippen MR) is 72.6 cm³/mol. The fourth-order valence-corrected chi connectivity index (χ4v) is 1.62. The maximum Gasteiger partial charge on any atom is 0.152 e. The van der Waals surface area contributed by atoms with E-state index in [-0.39, 0.29) is 0 Å². The van der Waals surface area contributed by atoms with Gasteiger partial charge in [0.2, 0.25) is 0 Å². The smallest absolute Gasteiger partial charge is 0.152 e. The summed E-state index contributed by atoms with van der Waals surface area (Å²) >= 11 is 0. The van der Waals surface area contributed by atoms with Crippen LogP contribution in [0.4, 0.5) is 5.82 Å². The van der Waals surface area contributed by atoms with Gasteiger partial charge in [0.25, 0.3) is 0 Å². The number of aromatic nitrogens is 2. The summed E-state index contributed by atoms with van der Waals surface area (Å²) in [6, 6.07) is 5.71. The van der Waals surface area contributed by atoms with Crippen LogP contribution >= 0.6 is 0 Å². The van der Waals surface area contributed by atoms with Crippen molar-refractivity contribution in [2.75, 3.05) is 11.9 Å². The summed E-state index contributed by atoms with van der Waals surface area (Å²) in [6.45, 7) is 7.22. The van der Waals surface area contributed by atoms with Crippen molar-refractivity contribution in [1.82, 2.24) is 9.97 Å². The third-order valence-corrected chi connectivity index (χ3v) is 2.59. The summed E-state index contributed by atoms with van der Waals surface area (Å²) in [6.07, 6.45) is 2.72. The first kappa shape index (κ1) is 12.6. The lowest BCUT2D eigenvalue weighted by atomic mass is 10.2. The van der Waals surface area contributed by atoms with E-state index in [2.05, 4.69) is 36.1 Å². The highest BCUT2D eigenvalue weighted by Gasteiger charge is 2.10. The van der Waals surface area contributed by atoms with Crippen molar-refractivity contribution in [3.05, 3.63) is 30.3 Å². The number of nitrogens with one attached hydrogen (secondary N) is 1. The average molecular weight is 245 g/mol. The molecule has 0 unspecified atom stereocenters. The fraction of sp³-hybridized carbons (Fsp3) is 0.429. The number of hydrogen-bond donors (Lipinski definition) is 1. The summed E-state index contributed by atoms with van der Waals surface area (Å²) in [5, 5.41) is 3.30. The fourth-order valence-electron chi connectivity index (χ4n) is 1.62. The van der Waals surface area contributed by atoms with Crippen LogP contribution < -0.4 is 5.32 Å². The Morgan fingerprint density at radius 3 is 2.78 bits per heavy atom. The molecule has 2 aromatic rings. The molecule has 0 atom stereocenters. The second-order valence-electron chi connectivity index (χ2n) is 4.56. The minimum atomic E-state index is 0.294. The Bertz CT molecular complexity index is 492. The Labute approximate surface area is 107 Å².